The average molecular weight is 420 g/mol. The second kappa shape index (κ2) is 8.92. The van der Waals surface area contributed by atoms with E-state index in [0.29, 0.717) is 22.5 Å². The molecule has 0 spiro atoms. The van der Waals surface area contributed by atoms with Gasteiger partial charge < -0.3 is 10.1 Å². The van der Waals surface area contributed by atoms with Crippen molar-refractivity contribution in [1.82, 2.24) is 9.55 Å². The fourth-order valence-corrected chi connectivity index (χ4v) is 4.03. The van der Waals surface area contributed by atoms with Crippen LogP contribution < -0.4 is 15.6 Å². The molecular formula is C23H21N3O3S. The van der Waals surface area contributed by atoms with Crippen molar-refractivity contribution in [2.24, 2.45) is 0 Å². The number of rotatable bonds is 7. The van der Waals surface area contributed by atoms with E-state index in [1.165, 1.54) is 22.2 Å². The van der Waals surface area contributed by atoms with E-state index >= 15 is 0 Å². The Morgan fingerprint density at radius 2 is 1.90 bits per heavy atom. The van der Waals surface area contributed by atoms with E-state index in [-0.39, 0.29) is 18.0 Å². The molecule has 4 rings (SSSR count). The van der Waals surface area contributed by atoms with Crippen LogP contribution in [0.2, 0.25) is 0 Å². The zero-order valence-corrected chi connectivity index (χ0v) is 17.3. The molecule has 2 aromatic heterocycles. The Balaban J connectivity index is 1.61. The fourth-order valence-electron chi connectivity index (χ4n) is 3.12. The maximum absolute atomic E-state index is 13.1. The molecule has 0 unspecified atom stereocenters. The SMILES string of the molecule is CCCOc1ccc(-c2csc3ncn(CC(=O)Nc4ccccc4)c(=O)c23)cc1. The highest BCUT2D eigenvalue weighted by molar-refractivity contribution is 7.17. The number of para-hydroxylation sites is 1. The van der Waals surface area contributed by atoms with Gasteiger partial charge in [0, 0.05) is 16.6 Å². The molecule has 1 N–H and O–H groups in total. The molecule has 7 heteroatoms. The molecule has 4 aromatic rings. The second-order valence-corrected chi connectivity index (χ2v) is 7.65. The third kappa shape index (κ3) is 4.26. The zero-order chi connectivity index (χ0) is 20.9. The summed E-state index contributed by atoms with van der Waals surface area (Å²) in [5, 5.41) is 5.24. The number of hydrogen-bond donors (Lipinski definition) is 1. The molecule has 0 atom stereocenters. The maximum atomic E-state index is 13.1. The Kier molecular flexibility index (Phi) is 5.90. The largest absolute Gasteiger partial charge is 0.494 e. The molecule has 30 heavy (non-hydrogen) atoms. The highest BCUT2D eigenvalue weighted by Gasteiger charge is 2.15. The van der Waals surface area contributed by atoms with E-state index in [2.05, 4.69) is 17.2 Å². The predicted octanol–water partition coefficient (Wildman–Crippen LogP) is 4.55. The second-order valence-electron chi connectivity index (χ2n) is 6.79. The van der Waals surface area contributed by atoms with Crippen LogP contribution in [0.1, 0.15) is 13.3 Å². The summed E-state index contributed by atoms with van der Waals surface area (Å²) in [7, 11) is 0. The van der Waals surface area contributed by atoms with Crippen LogP contribution in [0.3, 0.4) is 0 Å². The van der Waals surface area contributed by atoms with Crippen LogP contribution in [-0.4, -0.2) is 22.1 Å². The third-order valence-corrected chi connectivity index (χ3v) is 5.46. The zero-order valence-electron chi connectivity index (χ0n) is 16.5. The van der Waals surface area contributed by atoms with E-state index in [0.717, 1.165) is 23.3 Å². The van der Waals surface area contributed by atoms with Gasteiger partial charge >= 0.3 is 0 Å². The third-order valence-electron chi connectivity index (χ3n) is 4.57. The van der Waals surface area contributed by atoms with Crippen molar-refractivity contribution in [1.29, 1.82) is 0 Å². The van der Waals surface area contributed by atoms with Crippen molar-refractivity contribution in [3.63, 3.8) is 0 Å². The first-order chi connectivity index (χ1) is 14.7. The summed E-state index contributed by atoms with van der Waals surface area (Å²) in [5.41, 5.74) is 2.18. The molecule has 0 saturated carbocycles. The minimum Gasteiger partial charge on any atom is -0.494 e. The predicted molar refractivity (Wildman–Crippen MR) is 120 cm³/mol. The van der Waals surface area contributed by atoms with Crippen molar-refractivity contribution < 1.29 is 9.53 Å². The molecule has 0 aliphatic carbocycles. The summed E-state index contributed by atoms with van der Waals surface area (Å²) >= 11 is 1.41. The number of aromatic nitrogens is 2. The number of nitrogens with zero attached hydrogens (tertiary/aromatic N) is 2. The number of fused-ring (bicyclic) bond motifs is 1. The molecule has 0 radical (unpaired) electrons. The fraction of sp³-hybridized carbons (Fsp3) is 0.174. The highest BCUT2D eigenvalue weighted by atomic mass is 32.1. The quantitative estimate of drug-likeness (QED) is 0.477. The van der Waals surface area contributed by atoms with Crippen LogP contribution >= 0.6 is 11.3 Å². The number of thiophene rings is 1. The monoisotopic (exact) mass is 419 g/mol. The van der Waals surface area contributed by atoms with Gasteiger partial charge in [0.2, 0.25) is 5.91 Å². The number of carbonyl (C=O) groups is 1. The van der Waals surface area contributed by atoms with Gasteiger partial charge in [-0.05, 0) is 36.2 Å². The van der Waals surface area contributed by atoms with E-state index < -0.39 is 0 Å². The van der Waals surface area contributed by atoms with Gasteiger partial charge in [-0.15, -0.1) is 11.3 Å². The van der Waals surface area contributed by atoms with Crippen molar-refractivity contribution in [2.75, 3.05) is 11.9 Å². The highest BCUT2D eigenvalue weighted by Crippen LogP contribution is 2.31. The van der Waals surface area contributed by atoms with Gasteiger partial charge in [0.1, 0.15) is 17.1 Å². The van der Waals surface area contributed by atoms with Gasteiger partial charge in [-0.1, -0.05) is 37.3 Å². The lowest BCUT2D eigenvalue weighted by atomic mass is 10.1. The normalized spacial score (nSPS) is 10.8. The minimum atomic E-state index is -0.279. The van der Waals surface area contributed by atoms with Gasteiger partial charge in [0.05, 0.1) is 18.3 Å². The molecule has 0 bridgehead atoms. The summed E-state index contributed by atoms with van der Waals surface area (Å²) in [6, 6.07) is 16.8. The number of ether oxygens (including phenoxy) is 1. The van der Waals surface area contributed by atoms with Crippen LogP contribution in [0, 0.1) is 0 Å². The first-order valence-corrected chi connectivity index (χ1v) is 10.6. The summed E-state index contributed by atoms with van der Waals surface area (Å²) in [6.07, 6.45) is 2.37. The van der Waals surface area contributed by atoms with Gasteiger partial charge in [0.25, 0.3) is 5.56 Å². The van der Waals surface area contributed by atoms with Gasteiger partial charge in [0.15, 0.2) is 0 Å². The average Bonchev–Trinajstić information content (AvgIpc) is 3.20. The van der Waals surface area contributed by atoms with Crippen LogP contribution in [0.4, 0.5) is 5.69 Å². The number of amides is 1. The molecular weight excluding hydrogens is 398 g/mol. The first-order valence-electron chi connectivity index (χ1n) is 9.70. The molecule has 0 fully saturated rings. The minimum absolute atomic E-state index is 0.101. The molecule has 2 aromatic carbocycles. The number of anilines is 1. The number of hydrogen-bond acceptors (Lipinski definition) is 5. The summed E-state index contributed by atoms with van der Waals surface area (Å²) in [4.78, 5) is 30.5. The van der Waals surface area contributed by atoms with Crippen LogP contribution in [0.15, 0.2) is 71.1 Å². The van der Waals surface area contributed by atoms with Crippen LogP contribution in [0.25, 0.3) is 21.3 Å². The lowest BCUT2D eigenvalue weighted by Gasteiger charge is -2.08. The Bertz CT molecular complexity index is 1210. The lowest BCUT2D eigenvalue weighted by molar-refractivity contribution is -0.116. The molecule has 6 nitrogen and oxygen atoms in total. The summed E-state index contributed by atoms with van der Waals surface area (Å²) in [6.45, 7) is 2.63. The summed E-state index contributed by atoms with van der Waals surface area (Å²) < 4.78 is 6.97. The smallest absolute Gasteiger partial charge is 0.263 e. The molecule has 0 aliphatic heterocycles. The Hall–Kier alpha value is -3.45. The molecule has 0 saturated heterocycles. The topological polar surface area (TPSA) is 73.2 Å². The molecule has 2 heterocycles. The Morgan fingerprint density at radius 3 is 2.63 bits per heavy atom. The van der Waals surface area contributed by atoms with E-state index in [9.17, 15) is 9.59 Å². The summed E-state index contributed by atoms with van der Waals surface area (Å²) in [5.74, 6) is 0.520. The van der Waals surface area contributed by atoms with Crippen molar-refractivity contribution in [2.45, 2.75) is 19.9 Å². The van der Waals surface area contributed by atoms with Gasteiger partial charge in [-0.2, -0.15) is 0 Å². The molecule has 1 amide bonds. The Morgan fingerprint density at radius 1 is 1.13 bits per heavy atom. The maximum Gasteiger partial charge on any atom is 0.263 e. The number of carbonyl (C=O) groups excluding carboxylic acids is 1. The van der Waals surface area contributed by atoms with Crippen molar-refractivity contribution >= 4 is 33.1 Å². The molecule has 0 aliphatic rings. The molecule has 152 valence electrons. The van der Waals surface area contributed by atoms with Crippen LogP contribution in [-0.2, 0) is 11.3 Å². The Labute approximate surface area is 177 Å². The van der Waals surface area contributed by atoms with E-state index in [4.69, 9.17) is 4.74 Å². The number of nitrogens with one attached hydrogen (secondary N) is 1. The van der Waals surface area contributed by atoms with Crippen LogP contribution in [0.5, 0.6) is 5.75 Å². The van der Waals surface area contributed by atoms with E-state index in [1.807, 2.05) is 47.8 Å². The van der Waals surface area contributed by atoms with Crippen molar-refractivity contribution in [3.05, 3.63) is 76.7 Å². The van der Waals surface area contributed by atoms with Crippen molar-refractivity contribution in [3.8, 4) is 16.9 Å². The number of benzene rings is 2. The van der Waals surface area contributed by atoms with Gasteiger partial charge in [-0.3, -0.25) is 14.2 Å². The first kappa shape index (κ1) is 19.8. The standard InChI is InChI=1S/C23H21N3O3S/c1-2-12-29-18-10-8-16(9-11-18)19-14-30-22-21(19)23(28)26(15-24-22)13-20(27)25-17-6-4-3-5-7-17/h3-11,14-15H,2,12-13H2,1H3,(H,25,27). The van der Waals surface area contributed by atoms with E-state index in [1.54, 1.807) is 12.1 Å². The lowest BCUT2D eigenvalue weighted by Crippen LogP contribution is -2.27. The van der Waals surface area contributed by atoms with Gasteiger partial charge in [-0.25, -0.2) is 4.98 Å².